The van der Waals surface area contributed by atoms with Gasteiger partial charge in [-0.3, -0.25) is 4.79 Å². The van der Waals surface area contributed by atoms with Gasteiger partial charge in [-0.25, -0.2) is 0 Å². The molecule has 0 aliphatic carbocycles. The molecule has 1 atom stereocenters. The zero-order valence-corrected chi connectivity index (χ0v) is 10.1. The highest BCUT2D eigenvalue weighted by atomic mass is 79.9. The lowest BCUT2D eigenvalue weighted by atomic mass is 10.0. The molecule has 1 aromatic rings. The van der Waals surface area contributed by atoms with Crippen LogP contribution in [0, 0.1) is 6.92 Å². The minimum absolute atomic E-state index is 0.0775. The summed E-state index contributed by atoms with van der Waals surface area (Å²) in [5, 5.41) is 2.93. The standard InChI is InChI=1S/C11H13BrN2O/c1-6-4-7(11(13)8(12)5-6)9-2-3-10(15)14-9/h4-5,9H,2-3,13H2,1H3,(H,14,15)/t9-/m0/s1. The van der Waals surface area contributed by atoms with E-state index in [4.69, 9.17) is 5.73 Å². The molecule has 1 aliphatic rings. The highest BCUT2D eigenvalue weighted by molar-refractivity contribution is 9.10. The molecule has 4 heteroatoms. The van der Waals surface area contributed by atoms with Crippen LogP contribution in [-0.4, -0.2) is 5.91 Å². The Hall–Kier alpha value is -1.03. The van der Waals surface area contributed by atoms with E-state index in [0.717, 1.165) is 27.7 Å². The summed E-state index contributed by atoms with van der Waals surface area (Å²) in [6.45, 7) is 2.02. The number of amides is 1. The number of carbonyl (C=O) groups excluding carboxylic acids is 1. The van der Waals surface area contributed by atoms with Gasteiger partial charge in [0.2, 0.25) is 5.91 Å². The van der Waals surface area contributed by atoms with Crippen LogP contribution in [0.1, 0.15) is 30.0 Å². The molecule has 2 rings (SSSR count). The van der Waals surface area contributed by atoms with Crippen LogP contribution < -0.4 is 11.1 Å². The average molecular weight is 269 g/mol. The van der Waals surface area contributed by atoms with Crippen LogP contribution in [-0.2, 0) is 4.79 Å². The number of benzene rings is 1. The maximum absolute atomic E-state index is 11.1. The van der Waals surface area contributed by atoms with E-state index in [0.29, 0.717) is 6.42 Å². The van der Waals surface area contributed by atoms with Crippen LogP contribution in [0.2, 0.25) is 0 Å². The number of aryl methyl sites for hydroxylation is 1. The van der Waals surface area contributed by atoms with Crippen LogP contribution in [0.3, 0.4) is 0 Å². The van der Waals surface area contributed by atoms with Crippen LogP contribution in [0.25, 0.3) is 0 Å². The minimum Gasteiger partial charge on any atom is -0.398 e. The van der Waals surface area contributed by atoms with Gasteiger partial charge in [0, 0.05) is 10.9 Å². The molecule has 1 aromatic carbocycles. The molecule has 0 aromatic heterocycles. The Labute approximate surface area is 97.2 Å². The quantitative estimate of drug-likeness (QED) is 0.768. The fourth-order valence-corrected chi connectivity index (χ4v) is 2.51. The summed E-state index contributed by atoms with van der Waals surface area (Å²) >= 11 is 3.42. The number of nitrogen functional groups attached to an aromatic ring is 1. The molecule has 80 valence electrons. The van der Waals surface area contributed by atoms with Crippen molar-refractivity contribution in [1.82, 2.24) is 5.32 Å². The lowest BCUT2D eigenvalue weighted by molar-refractivity contribution is -0.119. The molecule has 0 saturated carbocycles. The first-order valence-corrected chi connectivity index (χ1v) is 5.72. The van der Waals surface area contributed by atoms with Gasteiger partial charge in [0.25, 0.3) is 0 Å². The van der Waals surface area contributed by atoms with E-state index in [9.17, 15) is 4.79 Å². The highest BCUT2D eigenvalue weighted by Gasteiger charge is 2.24. The van der Waals surface area contributed by atoms with Crippen molar-refractivity contribution in [2.45, 2.75) is 25.8 Å². The number of anilines is 1. The molecule has 1 saturated heterocycles. The molecule has 0 bridgehead atoms. The first-order chi connectivity index (χ1) is 7.08. The average Bonchev–Trinajstić information content (AvgIpc) is 2.58. The van der Waals surface area contributed by atoms with Crippen LogP contribution in [0.4, 0.5) is 5.69 Å². The maximum atomic E-state index is 11.1. The molecule has 15 heavy (non-hydrogen) atoms. The van der Waals surface area contributed by atoms with Gasteiger partial charge in [0.1, 0.15) is 0 Å². The van der Waals surface area contributed by atoms with E-state index in [1.807, 2.05) is 19.1 Å². The number of hydrogen-bond donors (Lipinski definition) is 2. The van der Waals surface area contributed by atoms with Gasteiger partial charge in [0.05, 0.1) is 11.7 Å². The molecule has 1 aliphatic heterocycles. The second-order valence-corrected chi connectivity index (χ2v) is 4.76. The Morgan fingerprint density at radius 3 is 2.87 bits per heavy atom. The molecule has 0 spiro atoms. The zero-order chi connectivity index (χ0) is 11.0. The number of carbonyl (C=O) groups is 1. The van der Waals surface area contributed by atoms with Crippen molar-refractivity contribution in [3.63, 3.8) is 0 Å². The number of nitrogens with two attached hydrogens (primary N) is 1. The fourth-order valence-electron chi connectivity index (χ4n) is 1.92. The van der Waals surface area contributed by atoms with Crippen molar-refractivity contribution in [2.75, 3.05) is 5.73 Å². The monoisotopic (exact) mass is 268 g/mol. The van der Waals surface area contributed by atoms with Crippen molar-refractivity contribution >= 4 is 27.5 Å². The molecule has 0 unspecified atom stereocenters. The van der Waals surface area contributed by atoms with Gasteiger partial charge in [0.15, 0.2) is 0 Å². The summed E-state index contributed by atoms with van der Waals surface area (Å²) in [4.78, 5) is 11.1. The molecular weight excluding hydrogens is 256 g/mol. The minimum atomic E-state index is 0.0775. The summed E-state index contributed by atoms with van der Waals surface area (Å²) in [7, 11) is 0. The molecule has 3 nitrogen and oxygen atoms in total. The van der Waals surface area contributed by atoms with E-state index in [-0.39, 0.29) is 11.9 Å². The Morgan fingerprint density at radius 2 is 2.27 bits per heavy atom. The van der Waals surface area contributed by atoms with Crippen molar-refractivity contribution in [1.29, 1.82) is 0 Å². The van der Waals surface area contributed by atoms with Gasteiger partial charge >= 0.3 is 0 Å². The van der Waals surface area contributed by atoms with Gasteiger partial charge in [-0.2, -0.15) is 0 Å². The van der Waals surface area contributed by atoms with Crippen LogP contribution in [0.15, 0.2) is 16.6 Å². The van der Waals surface area contributed by atoms with Crippen molar-refractivity contribution in [3.8, 4) is 0 Å². The Bertz CT molecular complexity index is 417. The van der Waals surface area contributed by atoms with Crippen LogP contribution >= 0.6 is 15.9 Å². The van der Waals surface area contributed by atoms with Gasteiger partial charge in [-0.1, -0.05) is 6.07 Å². The third-order valence-corrected chi connectivity index (χ3v) is 3.33. The second kappa shape index (κ2) is 3.85. The molecule has 3 N–H and O–H groups in total. The van der Waals surface area contributed by atoms with E-state index in [1.165, 1.54) is 0 Å². The summed E-state index contributed by atoms with van der Waals surface area (Å²) < 4.78 is 0.902. The first kappa shape index (κ1) is 10.5. The normalized spacial score (nSPS) is 20.4. The van der Waals surface area contributed by atoms with Gasteiger partial charge < -0.3 is 11.1 Å². The lowest BCUT2D eigenvalue weighted by Gasteiger charge is -2.15. The summed E-state index contributed by atoms with van der Waals surface area (Å²) in [6, 6.07) is 4.10. The smallest absolute Gasteiger partial charge is 0.220 e. The maximum Gasteiger partial charge on any atom is 0.220 e. The number of nitrogens with one attached hydrogen (secondary N) is 1. The molecule has 0 radical (unpaired) electrons. The summed E-state index contributed by atoms with van der Waals surface area (Å²) in [5.74, 6) is 0.108. The number of hydrogen-bond acceptors (Lipinski definition) is 2. The van der Waals surface area contributed by atoms with E-state index < -0.39 is 0 Å². The molecular formula is C11H13BrN2O. The van der Waals surface area contributed by atoms with Crippen molar-refractivity contribution < 1.29 is 4.79 Å². The summed E-state index contributed by atoms with van der Waals surface area (Å²) in [5.41, 5.74) is 8.87. The molecule has 1 heterocycles. The largest absolute Gasteiger partial charge is 0.398 e. The Balaban J connectivity index is 2.39. The van der Waals surface area contributed by atoms with E-state index in [1.54, 1.807) is 0 Å². The zero-order valence-electron chi connectivity index (χ0n) is 8.51. The van der Waals surface area contributed by atoms with Gasteiger partial charge in [-0.05, 0) is 46.5 Å². The third-order valence-electron chi connectivity index (χ3n) is 2.68. The van der Waals surface area contributed by atoms with Gasteiger partial charge in [-0.15, -0.1) is 0 Å². The Morgan fingerprint density at radius 1 is 1.53 bits per heavy atom. The van der Waals surface area contributed by atoms with Crippen molar-refractivity contribution in [3.05, 3.63) is 27.7 Å². The molecule has 1 amide bonds. The van der Waals surface area contributed by atoms with Crippen LogP contribution in [0.5, 0.6) is 0 Å². The first-order valence-electron chi connectivity index (χ1n) is 4.93. The predicted octanol–water partition coefficient (Wildman–Crippen LogP) is 2.29. The lowest BCUT2D eigenvalue weighted by Crippen LogP contribution is -2.19. The Kier molecular flexibility index (Phi) is 2.69. The second-order valence-electron chi connectivity index (χ2n) is 3.91. The highest BCUT2D eigenvalue weighted by Crippen LogP contribution is 2.33. The molecule has 1 fully saturated rings. The fraction of sp³-hybridized carbons (Fsp3) is 0.364. The van der Waals surface area contributed by atoms with Crippen molar-refractivity contribution in [2.24, 2.45) is 0 Å². The number of rotatable bonds is 1. The predicted molar refractivity (Wildman–Crippen MR) is 63.4 cm³/mol. The van der Waals surface area contributed by atoms with E-state index >= 15 is 0 Å². The topological polar surface area (TPSA) is 55.1 Å². The SMILES string of the molecule is Cc1cc(Br)c(N)c([C@@H]2CCC(=O)N2)c1. The summed E-state index contributed by atoms with van der Waals surface area (Å²) in [6.07, 6.45) is 1.43. The number of halogens is 1. The van der Waals surface area contributed by atoms with E-state index in [2.05, 4.69) is 21.2 Å². The third kappa shape index (κ3) is 2.00.